The highest BCUT2D eigenvalue weighted by atomic mass is 16.5. The van der Waals surface area contributed by atoms with E-state index >= 15 is 0 Å². The molecule has 4 heteroatoms. The number of aromatic nitrogens is 2. The lowest BCUT2D eigenvalue weighted by molar-refractivity contribution is 0.246. The number of fused-ring (bicyclic) bond motifs is 1. The maximum atomic E-state index is 5.85. The lowest BCUT2D eigenvalue weighted by Crippen LogP contribution is -2.23. The van der Waals surface area contributed by atoms with Gasteiger partial charge in [-0.3, -0.25) is 4.68 Å². The number of anilines is 1. The van der Waals surface area contributed by atoms with Crippen molar-refractivity contribution in [3.63, 3.8) is 0 Å². The van der Waals surface area contributed by atoms with Gasteiger partial charge in [0, 0.05) is 19.7 Å². The largest absolute Gasteiger partial charge is 0.488 e. The maximum Gasteiger partial charge on any atom is 0.123 e. The maximum absolute atomic E-state index is 5.85. The molecule has 2 heterocycles. The Kier molecular flexibility index (Phi) is 2.48. The summed E-state index contributed by atoms with van der Waals surface area (Å²) in [5.41, 5.74) is 2.33. The van der Waals surface area contributed by atoms with Gasteiger partial charge in [0.25, 0.3) is 0 Å². The Morgan fingerprint density at radius 2 is 2.35 bits per heavy atom. The molecule has 0 fully saturated rings. The topological polar surface area (TPSA) is 39.1 Å². The van der Waals surface area contributed by atoms with Gasteiger partial charge in [-0.2, -0.15) is 5.10 Å². The minimum absolute atomic E-state index is 0.215. The SMILES string of the molecule is Cn1cc(NCC2Cc3ccccc3O2)cn1. The van der Waals surface area contributed by atoms with Crippen molar-refractivity contribution in [2.24, 2.45) is 7.05 Å². The molecule has 4 nitrogen and oxygen atoms in total. The first-order valence-corrected chi connectivity index (χ1v) is 5.78. The molecule has 88 valence electrons. The Labute approximate surface area is 100 Å². The average molecular weight is 229 g/mol. The fourth-order valence-electron chi connectivity index (χ4n) is 2.11. The lowest BCUT2D eigenvalue weighted by atomic mass is 10.1. The van der Waals surface area contributed by atoms with Crippen LogP contribution in [-0.4, -0.2) is 22.4 Å². The van der Waals surface area contributed by atoms with Crippen molar-refractivity contribution in [3.05, 3.63) is 42.2 Å². The van der Waals surface area contributed by atoms with E-state index < -0.39 is 0 Å². The minimum Gasteiger partial charge on any atom is -0.488 e. The first kappa shape index (κ1) is 10.2. The summed E-state index contributed by atoms with van der Waals surface area (Å²) in [6, 6.07) is 8.22. The van der Waals surface area contributed by atoms with Crippen molar-refractivity contribution in [1.29, 1.82) is 0 Å². The van der Waals surface area contributed by atoms with Crippen molar-refractivity contribution >= 4 is 5.69 Å². The summed E-state index contributed by atoms with van der Waals surface area (Å²) in [7, 11) is 1.91. The van der Waals surface area contributed by atoms with Crippen LogP contribution >= 0.6 is 0 Å². The van der Waals surface area contributed by atoms with E-state index in [4.69, 9.17) is 4.74 Å². The average Bonchev–Trinajstić information content (AvgIpc) is 2.91. The van der Waals surface area contributed by atoms with Crippen LogP contribution in [0.2, 0.25) is 0 Å². The van der Waals surface area contributed by atoms with Crippen molar-refractivity contribution < 1.29 is 4.74 Å². The molecule has 1 aromatic heterocycles. The number of hydrogen-bond acceptors (Lipinski definition) is 3. The van der Waals surface area contributed by atoms with Gasteiger partial charge in [0.1, 0.15) is 11.9 Å². The van der Waals surface area contributed by atoms with Gasteiger partial charge < -0.3 is 10.1 Å². The summed E-state index contributed by atoms with van der Waals surface area (Å²) < 4.78 is 7.63. The number of aryl methyl sites for hydroxylation is 1. The van der Waals surface area contributed by atoms with Gasteiger partial charge in [-0.05, 0) is 11.6 Å². The Balaban J connectivity index is 1.59. The summed E-state index contributed by atoms with van der Waals surface area (Å²) in [4.78, 5) is 0. The van der Waals surface area contributed by atoms with Crippen LogP contribution < -0.4 is 10.1 Å². The van der Waals surface area contributed by atoms with Crippen molar-refractivity contribution in [2.75, 3.05) is 11.9 Å². The second kappa shape index (κ2) is 4.13. The summed E-state index contributed by atoms with van der Waals surface area (Å²) in [6.07, 6.45) is 4.97. The van der Waals surface area contributed by atoms with E-state index in [0.29, 0.717) is 0 Å². The van der Waals surface area contributed by atoms with E-state index in [9.17, 15) is 0 Å². The summed E-state index contributed by atoms with van der Waals surface area (Å²) in [5, 5.41) is 7.45. The molecule has 1 aliphatic rings. The van der Waals surface area contributed by atoms with E-state index in [1.165, 1.54) is 5.56 Å². The Morgan fingerprint density at radius 1 is 1.47 bits per heavy atom. The Hall–Kier alpha value is -1.97. The fraction of sp³-hybridized carbons (Fsp3) is 0.308. The molecule has 1 atom stereocenters. The number of ether oxygens (including phenoxy) is 1. The second-order valence-electron chi connectivity index (χ2n) is 4.34. The third kappa shape index (κ3) is 2.11. The predicted molar refractivity (Wildman–Crippen MR) is 66.3 cm³/mol. The van der Waals surface area contributed by atoms with Gasteiger partial charge in [0.15, 0.2) is 0 Å². The highest BCUT2D eigenvalue weighted by Crippen LogP contribution is 2.28. The molecule has 1 aromatic carbocycles. The number of hydrogen-bond donors (Lipinski definition) is 1. The van der Waals surface area contributed by atoms with Crippen LogP contribution in [0.1, 0.15) is 5.56 Å². The highest BCUT2D eigenvalue weighted by Gasteiger charge is 2.21. The number of para-hydroxylation sites is 1. The molecular formula is C13H15N3O. The monoisotopic (exact) mass is 229 g/mol. The van der Waals surface area contributed by atoms with Crippen LogP contribution in [0.3, 0.4) is 0 Å². The summed E-state index contributed by atoms with van der Waals surface area (Å²) in [6.45, 7) is 0.806. The molecule has 0 saturated carbocycles. The normalized spacial score (nSPS) is 17.6. The Bertz CT molecular complexity index is 496. The smallest absolute Gasteiger partial charge is 0.123 e. The van der Waals surface area contributed by atoms with Crippen LogP contribution in [0.4, 0.5) is 5.69 Å². The molecule has 1 unspecified atom stereocenters. The third-order valence-corrected chi connectivity index (χ3v) is 2.95. The van der Waals surface area contributed by atoms with Gasteiger partial charge in [-0.1, -0.05) is 18.2 Å². The molecule has 0 radical (unpaired) electrons. The second-order valence-corrected chi connectivity index (χ2v) is 4.34. The van der Waals surface area contributed by atoms with Crippen LogP contribution in [0.25, 0.3) is 0 Å². The lowest BCUT2D eigenvalue weighted by Gasteiger charge is -2.11. The Morgan fingerprint density at radius 3 is 3.12 bits per heavy atom. The van der Waals surface area contributed by atoms with Gasteiger partial charge >= 0.3 is 0 Å². The van der Waals surface area contributed by atoms with E-state index in [1.54, 1.807) is 4.68 Å². The number of nitrogens with one attached hydrogen (secondary N) is 1. The zero-order chi connectivity index (χ0) is 11.7. The fourth-order valence-corrected chi connectivity index (χ4v) is 2.11. The summed E-state index contributed by atoms with van der Waals surface area (Å²) >= 11 is 0. The summed E-state index contributed by atoms with van der Waals surface area (Å²) in [5.74, 6) is 1.02. The van der Waals surface area contributed by atoms with E-state index in [2.05, 4.69) is 22.5 Å². The number of benzene rings is 1. The van der Waals surface area contributed by atoms with Crippen molar-refractivity contribution in [3.8, 4) is 5.75 Å². The zero-order valence-electron chi connectivity index (χ0n) is 9.76. The standard InChI is InChI=1S/C13H15N3O/c1-16-9-11(7-15-16)14-8-12-6-10-4-2-3-5-13(10)17-12/h2-5,7,9,12,14H,6,8H2,1H3. The van der Waals surface area contributed by atoms with Gasteiger partial charge in [-0.25, -0.2) is 0 Å². The van der Waals surface area contributed by atoms with Crippen LogP contribution in [0.15, 0.2) is 36.7 Å². The quantitative estimate of drug-likeness (QED) is 0.872. The first-order valence-electron chi connectivity index (χ1n) is 5.78. The molecule has 3 rings (SSSR count). The molecule has 2 aromatic rings. The van der Waals surface area contributed by atoms with Crippen LogP contribution in [0.5, 0.6) is 5.75 Å². The highest BCUT2D eigenvalue weighted by molar-refractivity contribution is 5.40. The zero-order valence-corrected chi connectivity index (χ0v) is 9.76. The number of rotatable bonds is 3. The third-order valence-electron chi connectivity index (χ3n) is 2.95. The van der Waals surface area contributed by atoms with E-state index in [1.807, 2.05) is 31.6 Å². The van der Waals surface area contributed by atoms with Crippen LogP contribution in [-0.2, 0) is 13.5 Å². The predicted octanol–water partition coefficient (Wildman–Crippen LogP) is 1.84. The van der Waals surface area contributed by atoms with Gasteiger partial charge in [-0.15, -0.1) is 0 Å². The van der Waals surface area contributed by atoms with Crippen molar-refractivity contribution in [1.82, 2.24) is 9.78 Å². The molecule has 0 saturated heterocycles. The molecule has 0 amide bonds. The molecule has 0 spiro atoms. The van der Waals surface area contributed by atoms with Gasteiger partial charge in [0.05, 0.1) is 18.4 Å². The number of nitrogens with zero attached hydrogens (tertiary/aromatic N) is 2. The van der Waals surface area contributed by atoms with E-state index in [-0.39, 0.29) is 6.10 Å². The molecule has 17 heavy (non-hydrogen) atoms. The molecule has 0 bridgehead atoms. The molecular weight excluding hydrogens is 214 g/mol. The van der Waals surface area contributed by atoms with E-state index in [0.717, 1.165) is 24.4 Å². The van der Waals surface area contributed by atoms with Crippen LogP contribution in [0, 0.1) is 0 Å². The minimum atomic E-state index is 0.215. The molecule has 0 aliphatic carbocycles. The molecule has 1 aliphatic heterocycles. The molecule has 1 N–H and O–H groups in total. The van der Waals surface area contributed by atoms with Crippen molar-refractivity contribution in [2.45, 2.75) is 12.5 Å². The van der Waals surface area contributed by atoms with Gasteiger partial charge in [0.2, 0.25) is 0 Å². The first-order chi connectivity index (χ1) is 8.31.